The summed E-state index contributed by atoms with van der Waals surface area (Å²) in [6, 6.07) is 4.07. The summed E-state index contributed by atoms with van der Waals surface area (Å²) in [5, 5.41) is 0. The largest absolute Gasteiger partial charge is 0.396 e. The molecule has 4 N–H and O–H groups in total. The second kappa shape index (κ2) is 7.98. The van der Waals surface area contributed by atoms with E-state index in [2.05, 4.69) is 26.7 Å². The molecule has 3 heterocycles. The van der Waals surface area contributed by atoms with E-state index in [1.54, 1.807) is 6.20 Å². The molecule has 164 valence electrons. The minimum absolute atomic E-state index is 0.221. The van der Waals surface area contributed by atoms with Gasteiger partial charge in [-0.25, -0.2) is 15.0 Å². The number of hydrogen-bond acceptors (Lipinski definition) is 7. The van der Waals surface area contributed by atoms with Crippen molar-refractivity contribution in [3.63, 3.8) is 0 Å². The maximum absolute atomic E-state index is 12.8. The molecule has 0 radical (unpaired) electrons. The first-order chi connectivity index (χ1) is 15.0. The third kappa shape index (κ3) is 4.03. The first-order valence-corrected chi connectivity index (χ1v) is 11.5. The van der Waals surface area contributed by atoms with Crippen LogP contribution < -0.4 is 16.4 Å². The second-order valence-electron chi connectivity index (χ2n) is 9.10. The van der Waals surface area contributed by atoms with Gasteiger partial charge in [0.05, 0.1) is 17.1 Å². The molecule has 8 nitrogen and oxygen atoms in total. The molecule has 31 heavy (non-hydrogen) atoms. The highest BCUT2D eigenvalue weighted by Gasteiger charge is 2.39. The Morgan fingerprint density at radius 3 is 2.65 bits per heavy atom. The zero-order valence-corrected chi connectivity index (χ0v) is 18.1. The number of amides is 1. The Kier molecular flexibility index (Phi) is 5.16. The van der Waals surface area contributed by atoms with Crippen molar-refractivity contribution in [2.75, 3.05) is 36.0 Å². The fourth-order valence-electron chi connectivity index (χ4n) is 4.67. The van der Waals surface area contributed by atoms with E-state index in [1.165, 1.54) is 0 Å². The van der Waals surface area contributed by atoms with Gasteiger partial charge in [-0.05, 0) is 44.2 Å². The number of piperazine rings is 1. The van der Waals surface area contributed by atoms with E-state index in [0.717, 1.165) is 80.9 Å². The fraction of sp³-hybridized carbons (Fsp3) is 0.565. The van der Waals surface area contributed by atoms with Gasteiger partial charge in [0, 0.05) is 49.3 Å². The summed E-state index contributed by atoms with van der Waals surface area (Å²) in [5.41, 5.74) is 15.8. The number of nitrogens with zero attached hydrogens (tertiary/aromatic N) is 5. The third-order valence-electron chi connectivity index (χ3n) is 6.59. The maximum atomic E-state index is 12.8. The van der Waals surface area contributed by atoms with Gasteiger partial charge in [-0.1, -0.05) is 13.3 Å². The Bertz CT molecular complexity index is 986. The molecule has 1 aliphatic heterocycles. The van der Waals surface area contributed by atoms with Gasteiger partial charge in [0.15, 0.2) is 5.82 Å². The van der Waals surface area contributed by atoms with Gasteiger partial charge in [0.25, 0.3) is 0 Å². The lowest BCUT2D eigenvalue weighted by atomic mass is 10.0. The van der Waals surface area contributed by atoms with Gasteiger partial charge >= 0.3 is 0 Å². The number of nitrogen functional groups attached to an aromatic ring is 2. The third-order valence-corrected chi connectivity index (χ3v) is 6.59. The number of carbonyl (C=O) groups is 1. The second-order valence-corrected chi connectivity index (χ2v) is 9.10. The molecule has 2 aromatic heterocycles. The fourth-order valence-corrected chi connectivity index (χ4v) is 4.67. The van der Waals surface area contributed by atoms with Crippen molar-refractivity contribution in [3.05, 3.63) is 24.0 Å². The zero-order chi connectivity index (χ0) is 21.5. The molecule has 2 aliphatic carbocycles. The average Bonchev–Trinajstić information content (AvgIpc) is 3.66. The Morgan fingerprint density at radius 2 is 1.97 bits per heavy atom. The van der Waals surface area contributed by atoms with Crippen LogP contribution in [0.1, 0.15) is 57.1 Å². The Balaban J connectivity index is 1.45. The highest BCUT2D eigenvalue weighted by molar-refractivity contribution is 5.82. The van der Waals surface area contributed by atoms with Crippen molar-refractivity contribution >= 4 is 23.4 Å². The summed E-state index contributed by atoms with van der Waals surface area (Å²) in [4.78, 5) is 30.7. The molecule has 0 aromatic carbocycles. The van der Waals surface area contributed by atoms with E-state index >= 15 is 0 Å². The smallest absolute Gasteiger partial charge is 0.226 e. The molecule has 5 rings (SSSR count). The lowest BCUT2D eigenvalue weighted by Gasteiger charge is -2.42. The topological polar surface area (TPSA) is 114 Å². The van der Waals surface area contributed by atoms with Crippen LogP contribution in [-0.4, -0.2) is 51.4 Å². The van der Waals surface area contributed by atoms with Crippen LogP contribution in [0.25, 0.3) is 11.3 Å². The van der Waals surface area contributed by atoms with Gasteiger partial charge in [0.2, 0.25) is 11.9 Å². The molecule has 1 atom stereocenters. The molecular formula is C23H31N7O. The van der Waals surface area contributed by atoms with Crippen LogP contribution in [0.2, 0.25) is 0 Å². The maximum Gasteiger partial charge on any atom is 0.226 e. The van der Waals surface area contributed by atoms with E-state index in [0.29, 0.717) is 17.5 Å². The molecule has 3 aliphatic rings. The van der Waals surface area contributed by atoms with Gasteiger partial charge in [-0.15, -0.1) is 0 Å². The first-order valence-electron chi connectivity index (χ1n) is 11.5. The standard InChI is InChI=1S/C23H31N7O/c1-2-3-16-13-29(10-11-30(16)22(31)15-6-7-15)21-18(24)12-17(20(28-21)14-4-5-14)19-8-9-26-23(25)27-19/h8-9,12,14-16H,2-7,10-11,13,24H2,1H3,(H2,25,26,27)/t16-/m1/s1. The molecule has 3 fully saturated rings. The minimum atomic E-state index is 0.221. The van der Waals surface area contributed by atoms with Crippen molar-refractivity contribution < 1.29 is 4.79 Å². The van der Waals surface area contributed by atoms with Gasteiger partial charge in [-0.2, -0.15) is 0 Å². The van der Waals surface area contributed by atoms with E-state index in [4.69, 9.17) is 16.5 Å². The van der Waals surface area contributed by atoms with E-state index in [9.17, 15) is 4.79 Å². The summed E-state index contributed by atoms with van der Waals surface area (Å²) < 4.78 is 0. The normalized spacial score (nSPS) is 21.4. The molecule has 1 saturated heterocycles. The molecular weight excluding hydrogens is 390 g/mol. The molecule has 0 spiro atoms. The molecule has 1 amide bonds. The van der Waals surface area contributed by atoms with Crippen molar-refractivity contribution in [3.8, 4) is 11.3 Å². The van der Waals surface area contributed by atoms with Crippen molar-refractivity contribution in [1.29, 1.82) is 0 Å². The number of nitrogens with two attached hydrogens (primary N) is 2. The average molecular weight is 422 g/mol. The van der Waals surface area contributed by atoms with E-state index in [-0.39, 0.29) is 17.9 Å². The Hall–Kier alpha value is -2.90. The van der Waals surface area contributed by atoms with E-state index in [1.807, 2.05) is 12.1 Å². The van der Waals surface area contributed by atoms with E-state index < -0.39 is 0 Å². The predicted octanol–water partition coefficient (Wildman–Crippen LogP) is 2.81. The van der Waals surface area contributed by atoms with Crippen LogP contribution in [-0.2, 0) is 4.79 Å². The summed E-state index contributed by atoms with van der Waals surface area (Å²) in [6.45, 7) is 4.47. The van der Waals surface area contributed by atoms with Crippen molar-refractivity contribution in [2.24, 2.45) is 5.92 Å². The van der Waals surface area contributed by atoms with Crippen LogP contribution in [0.3, 0.4) is 0 Å². The highest BCUT2D eigenvalue weighted by atomic mass is 16.2. The SMILES string of the molecule is CCC[C@@H]1CN(c2nc(C3CC3)c(-c3ccnc(N)n3)cc2N)CCN1C(=O)C1CC1. The minimum Gasteiger partial charge on any atom is -0.396 e. The summed E-state index contributed by atoms with van der Waals surface area (Å²) in [6.07, 6.45) is 8.08. The molecule has 8 heteroatoms. The quantitative estimate of drug-likeness (QED) is 0.737. The van der Waals surface area contributed by atoms with Crippen molar-refractivity contribution in [1.82, 2.24) is 19.9 Å². The molecule has 2 aromatic rings. The lowest BCUT2D eigenvalue weighted by Crippen LogP contribution is -2.56. The number of rotatable bonds is 6. The number of hydrogen-bond donors (Lipinski definition) is 2. The zero-order valence-electron chi connectivity index (χ0n) is 18.1. The summed E-state index contributed by atoms with van der Waals surface area (Å²) >= 11 is 0. The van der Waals surface area contributed by atoms with Crippen LogP contribution in [0.15, 0.2) is 18.3 Å². The van der Waals surface area contributed by atoms with Crippen LogP contribution >= 0.6 is 0 Å². The van der Waals surface area contributed by atoms with Gasteiger partial charge in [-0.3, -0.25) is 4.79 Å². The summed E-state index contributed by atoms with van der Waals surface area (Å²) in [5.74, 6) is 2.13. The van der Waals surface area contributed by atoms with Crippen LogP contribution in [0, 0.1) is 5.92 Å². The monoisotopic (exact) mass is 421 g/mol. The molecule has 2 saturated carbocycles. The number of aromatic nitrogens is 3. The predicted molar refractivity (Wildman–Crippen MR) is 121 cm³/mol. The van der Waals surface area contributed by atoms with Crippen LogP contribution in [0.4, 0.5) is 17.5 Å². The molecule has 0 bridgehead atoms. The number of pyridine rings is 1. The van der Waals surface area contributed by atoms with Crippen LogP contribution in [0.5, 0.6) is 0 Å². The number of carbonyl (C=O) groups excluding carboxylic acids is 1. The number of anilines is 3. The lowest BCUT2D eigenvalue weighted by molar-refractivity contribution is -0.135. The Morgan fingerprint density at radius 1 is 1.16 bits per heavy atom. The first kappa shape index (κ1) is 20.0. The van der Waals surface area contributed by atoms with Gasteiger partial charge in [0.1, 0.15) is 0 Å². The molecule has 0 unspecified atom stereocenters. The van der Waals surface area contributed by atoms with Gasteiger partial charge < -0.3 is 21.3 Å². The highest BCUT2D eigenvalue weighted by Crippen LogP contribution is 2.45. The summed E-state index contributed by atoms with van der Waals surface area (Å²) in [7, 11) is 0. The Labute approximate surface area is 183 Å². The van der Waals surface area contributed by atoms with Crippen molar-refractivity contribution in [2.45, 2.75) is 57.4 Å².